The Labute approximate surface area is 101 Å². The van der Waals surface area contributed by atoms with Crippen LogP contribution in [0.5, 0.6) is 0 Å². The van der Waals surface area contributed by atoms with E-state index < -0.39 is 0 Å². The number of hydrogen-bond acceptors (Lipinski definition) is 1. The quantitative estimate of drug-likeness (QED) is 0.783. The molecule has 0 amide bonds. The maximum atomic E-state index is 12.8. The third-order valence-electron chi connectivity index (χ3n) is 2.89. The lowest BCUT2D eigenvalue weighted by Crippen LogP contribution is -2.19. The monoisotopic (exact) mass is 242 g/mol. The minimum Gasteiger partial charge on any atom is -0.299 e. The minimum absolute atomic E-state index is 0.00104. The second-order valence-corrected chi connectivity index (χ2v) is 4.82. The lowest BCUT2D eigenvalue weighted by Gasteiger charge is -2.14. The molecule has 0 N–H and O–H groups in total. The van der Waals surface area contributed by atoms with E-state index in [1.807, 2.05) is 20.8 Å². The second-order valence-electron chi connectivity index (χ2n) is 4.41. The van der Waals surface area contributed by atoms with Gasteiger partial charge in [-0.3, -0.25) is 4.79 Å². The van der Waals surface area contributed by atoms with Gasteiger partial charge in [0.05, 0.1) is 0 Å². The highest BCUT2D eigenvalue weighted by Gasteiger charge is 2.17. The molecule has 0 saturated carbocycles. The summed E-state index contributed by atoms with van der Waals surface area (Å²) in [6.07, 6.45) is 0.276. The molecule has 1 rings (SSSR count). The molecule has 1 nitrogen and oxygen atoms in total. The predicted octanol–water partition coefficient (Wildman–Crippen LogP) is 3.88. The van der Waals surface area contributed by atoms with Gasteiger partial charge < -0.3 is 0 Å². The number of halogens is 2. The van der Waals surface area contributed by atoms with Crippen molar-refractivity contribution in [1.82, 2.24) is 0 Å². The summed E-state index contributed by atoms with van der Waals surface area (Å²) < 4.78 is 12.8. The molecule has 0 spiro atoms. The topological polar surface area (TPSA) is 17.1 Å². The average Bonchev–Trinajstić information content (AvgIpc) is 2.20. The Balaban J connectivity index is 2.77. The summed E-state index contributed by atoms with van der Waals surface area (Å²) in [5.41, 5.74) is 0.695. The maximum absolute atomic E-state index is 12.8. The van der Waals surface area contributed by atoms with Gasteiger partial charge in [-0.05, 0) is 23.6 Å². The Morgan fingerprint density at radius 2 is 2.00 bits per heavy atom. The molecule has 0 aliphatic carbocycles. The Morgan fingerprint density at radius 1 is 1.38 bits per heavy atom. The van der Waals surface area contributed by atoms with E-state index >= 15 is 0 Å². The zero-order chi connectivity index (χ0) is 12.3. The molecule has 0 saturated heterocycles. The lowest BCUT2D eigenvalue weighted by atomic mass is 9.90. The molecule has 0 aliphatic heterocycles. The number of carbonyl (C=O) groups excluding carboxylic acids is 1. The van der Waals surface area contributed by atoms with Gasteiger partial charge in [-0.25, -0.2) is 4.39 Å². The third kappa shape index (κ3) is 3.31. The van der Waals surface area contributed by atoms with Crippen LogP contribution in [0.3, 0.4) is 0 Å². The van der Waals surface area contributed by atoms with Crippen molar-refractivity contribution in [3.05, 3.63) is 34.6 Å². The van der Waals surface area contributed by atoms with Crippen molar-refractivity contribution < 1.29 is 9.18 Å². The van der Waals surface area contributed by atoms with Crippen LogP contribution in [0.1, 0.15) is 26.3 Å². The Morgan fingerprint density at radius 3 is 2.50 bits per heavy atom. The van der Waals surface area contributed by atoms with Crippen molar-refractivity contribution in [2.45, 2.75) is 27.2 Å². The van der Waals surface area contributed by atoms with E-state index in [1.54, 1.807) is 6.07 Å². The molecular formula is C13H16ClFO. The Kier molecular flexibility index (Phi) is 4.48. The summed E-state index contributed by atoms with van der Waals surface area (Å²) >= 11 is 5.87. The first-order valence-electron chi connectivity index (χ1n) is 5.38. The fraction of sp³-hybridized carbons (Fsp3) is 0.462. The SMILES string of the molecule is CC(C)C(C)C(=O)Cc1ccc(F)cc1Cl. The van der Waals surface area contributed by atoms with Crippen LogP contribution in [0.15, 0.2) is 18.2 Å². The fourth-order valence-corrected chi connectivity index (χ4v) is 1.62. The van der Waals surface area contributed by atoms with E-state index in [9.17, 15) is 9.18 Å². The zero-order valence-corrected chi connectivity index (χ0v) is 10.5. The highest BCUT2D eigenvalue weighted by atomic mass is 35.5. The number of rotatable bonds is 4. The molecule has 0 aliphatic rings. The normalized spacial score (nSPS) is 12.9. The van der Waals surface area contributed by atoms with Crippen LogP contribution in [-0.4, -0.2) is 5.78 Å². The van der Waals surface area contributed by atoms with Gasteiger partial charge in [0, 0.05) is 17.4 Å². The van der Waals surface area contributed by atoms with Crippen molar-refractivity contribution in [3.63, 3.8) is 0 Å². The van der Waals surface area contributed by atoms with Gasteiger partial charge >= 0.3 is 0 Å². The first kappa shape index (κ1) is 13.2. The van der Waals surface area contributed by atoms with E-state index in [-0.39, 0.29) is 23.9 Å². The highest BCUT2D eigenvalue weighted by molar-refractivity contribution is 6.31. The van der Waals surface area contributed by atoms with Crippen molar-refractivity contribution >= 4 is 17.4 Å². The average molecular weight is 243 g/mol. The number of Topliss-reactive ketones (excluding diaryl/α,β-unsaturated/α-hetero) is 1. The molecule has 3 heteroatoms. The van der Waals surface area contributed by atoms with Crippen molar-refractivity contribution in [1.29, 1.82) is 0 Å². The molecule has 0 aromatic heterocycles. The van der Waals surface area contributed by atoms with E-state index in [2.05, 4.69) is 0 Å². The Hall–Kier alpha value is -0.890. The van der Waals surface area contributed by atoms with E-state index in [4.69, 9.17) is 11.6 Å². The molecule has 1 unspecified atom stereocenters. The van der Waals surface area contributed by atoms with Gasteiger partial charge in [0.2, 0.25) is 0 Å². The largest absolute Gasteiger partial charge is 0.299 e. The van der Waals surface area contributed by atoms with Gasteiger partial charge in [0.15, 0.2) is 0 Å². The van der Waals surface area contributed by atoms with Crippen LogP contribution in [-0.2, 0) is 11.2 Å². The number of hydrogen-bond donors (Lipinski definition) is 0. The van der Waals surface area contributed by atoms with Crippen LogP contribution in [0.4, 0.5) is 4.39 Å². The van der Waals surface area contributed by atoms with Crippen LogP contribution < -0.4 is 0 Å². The highest BCUT2D eigenvalue weighted by Crippen LogP contribution is 2.20. The smallest absolute Gasteiger partial charge is 0.140 e. The van der Waals surface area contributed by atoms with Gasteiger partial charge in [0.1, 0.15) is 11.6 Å². The molecule has 0 bridgehead atoms. The van der Waals surface area contributed by atoms with Crippen LogP contribution >= 0.6 is 11.6 Å². The molecule has 1 atom stereocenters. The molecule has 88 valence electrons. The summed E-state index contributed by atoms with van der Waals surface area (Å²) in [6.45, 7) is 5.92. The second kappa shape index (κ2) is 5.44. The summed E-state index contributed by atoms with van der Waals surface area (Å²) in [4.78, 5) is 11.8. The minimum atomic E-state index is -0.377. The standard InChI is InChI=1S/C13H16ClFO/c1-8(2)9(3)13(16)6-10-4-5-11(15)7-12(10)14/h4-5,7-9H,6H2,1-3H3. The molecule has 1 aromatic carbocycles. The number of ketones is 1. The summed E-state index contributed by atoms with van der Waals surface area (Å²) in [7, 11) is 0. The molecule has 0 radical (unpaired) electrons. The number of benzene rings is 1. The molecule has 1 aromatic rings. The zero-order valence-electron chi connectivity index (χ0n) is 9.76. The third-order valence-corrected chi connectivity index (χ3v) is 3.24. The van der Waals surface area contributed by atoms with Gasteiger partial charge in [-0.2, -0.15) is 0 Å². The fourth-order valence-electron chi connectivity index (χ4n) is 1.39. The van der Waals surface area contributed by atoms with Crippen LogP contribution in [0.2, 0.25) is 5.02 Å². The molecular weight excluding hydrogens is 227 g/mol. The maximum Gasteiger partial charge on any atom is 0.140 e. The van der Waals surface area contributed by atoms with Crippen molar-refractivity contribution in [3.8, 4) is 0 Å². The van der Waals surface area contributed by atoms with E-state index in [0.29, 0.717) is 16.5 Å². The van der Waals surface area contributed by atoms with Crippen molar-refractivity contribution in [2.24, 2.45) is 11.8 Å². The lowest BCUT2D eigenvalue weighted by molar-refractivity contribution is -0.122. The van der Waals surface area contributed by atoms with Gasteiger partial charge in [-0.1, -0.05) is 38.4 Å². The molecule has 0 fully saturated rings. The summed E-state index contributed by atoms with van der Waals surface area (Å²) in [6, 6.07) is 4.14. The first-order valence-corrected chi connectivity index (χ1v) is 5.76. The van der Waals surface area contributed by atoms with Crippen molar-refractivity contribution in [2.75, 3.05) is 0 Å². The predicted molar refractivity (Wildman–Crippen MR) is 64.1 cm³/mol. The molecule has 16 heavy (non-hydrogen) atoms. The van der Waals surface area contributed by atoms with E-state index in [0.717, 1.165) is 0 Å². The van der Waals surface area contributed by atoms with E-state index in [1.165, 1.54) is 12.1 Å². The first-order chi connectivity index (χ1) is 7.41. The van der Waals surface area contributed by atoms with Crippen LogP contribution in [0.25, 0.3) is 0 Å². The summed E-state index contributed by atoms with van der Waals surface area (Å²) in [5.74, 6) is 0.0782. The molecule has 0 heterocycles. The summed E-state index contributed by atoms with van der Waals surface area (Å²) in [5, 5.41) is 0.323. The van der Waals surface area contributed by atoms with Crippen LogP contribution in [0, 0.1) is 17.7 Å². The Bertz CT molecular complexity index is 388. The van der Waals surface area contributed by atoms with Gasteiger partial charge in [-0.15, -0.1) is 0 Å². The number of carbonyl (C=O) groups is 1. The van der Waals surface area contributed by atoms with Gasteiger partial charge in [0.25, 0.3) is 0 Å².